The first-order valence-corrected chi connectivity index (χ1v) is 9.89. The van der Waals surface area contributed by atoms with Crippen LogP contribution in [0, 0.1) is 11.8 Å². The number of carboxylic acid groups (broad SMARTS) is 1. The van der Waals surface area contributed by atoms with E-state index in [0.717, 1.165) is 37.2 Å². The maximum atomic E-state index is 12.0. The molecule has 132 valence electrons. The SMILES string of the molecule is CCC1CCC(c2ccc(C3(C(=O)O)CCC(C)CC3)cc2)CC1. The first-order chi connectivity index (χ1) is 11.5. The van der Waals surface area contributed by atoms with Crippen molar-refractivity contribution in [3.8, 4) is 0 Å². The quantitative estimate of drug-likeness (QED) is 0.746. The predicted octanol–water partition coefficient (Wildman–Crippen LogP) is 5.90. The van der Waals surface area contributed by atoms with Gasteiger partial charge < -0.3 is 5.11 Å². The second kappa shape index (κ2) is 7.29. The monoisotopic (exact) mass is 328 g/mol. The zero-order chi connectivity index (χ0) is 17.2. The van der Waals surface area contributed by atoms with Crippen LogP contribution in [0.2, 0.25) is 0 Å². The van der Waals surface area contributed by atoms with E-state index < -0.39 is 11.4 Å². The van der Waals surface area contributed by atoms with Gasteiger partial charge in [0.1, 0.15) is 0 Å². The summed E-state index contributed by atoms with van der Waals surface area (Å²) in [6.07, 6.45) is 10.2. The molecule has 0 unspecified atom stereocenters. The van der Waals surface area contributed by atoms with E-state index in [9.17, 15) is 9.90 Å². The van der Waals surface area contributed by atoms with Crippen LogP contribution in [-0.2, 0) is 10.2 Å². The highest BCUT2D eigenvalue weighted by Gasteiger charge is 2.42. The van der Waals surface area contributed by atoms with Crippen LogP contribution in [0.4, 0.5) is 0 Å². The standard InChI is InChI=1S/C22H32O2/c1-3-17-4-6-18(7-5-17)19-8-10-20(11-9-19)22(21(23)24)14-12-16(2)13-15-22/h8-11,16-18H,3-7,12-15H2,1-2H3,(H,23,24). The molecule has 0 atom stereocenters. The molecule has 0 radical (unpaired) electrons. The third-order valence-electron chi connectivity index (χ3n) is 6.90. The first kappa shape index (κ1) is 17.5. The number of hydrogen-bond acceptors (Lipinski definition) is 1. The van der Waals surface area contributed by atoms with E-state index in [1.165, 1.54) is 37.7 Å². The van der Waals surface area contributed by atoms with Crippen molar-refractivity contribution < 1.29 is 9.90 Å². The average molecular weight is 328 g/mol. The fourth-order valence-electron chi connectivity index (χ4n) is 4.86. The molecule has 2 aliphatic rings. The van der Waals surface area contributed by atoms with Crippen LogP contribution in [0.3, 0.4) is 0 Å². The molecule has 3 rings (SSSR count). The van der Waals surface area contributed by atoms with Crippen molar-refractivity contribution >= 4 is 5.97 Å². The van der Waals surface area contributed by atoms with Crippen molar-refractivity contribution in [3.05, 3.63) is 35.4 Å². The van der Waals surface area contributed by atoms with E-state index in [1.807, 2.05) is 0 Å². The molecule has 2 aliphatic carbocycles. The third-order valence-corrected chi connectivity index (χ3v) is 6.90. The highest BCUT2D eigenvalue weighted by Crippen LogP contribution is 2.43. The van der Waals surface area contributed by atoms with Crippen LogP contribution in [-0.4, -0.2) is 11.1 Å². The smallest absolute Gasteiger partial charge is 0.314 e. The molecule has 0 aliphatic heterocycles. The molecule has 0 saturated heterocycles. The lowest BCUT2D eigenvalue weighted by atomic mass is 9.66. The Morgan fingerprint density at radius 2 is 1.62 bits per heavy atom. The van der Waals surface area contributed by atoms with Crippen molar-refractivity contribution in [2.45, 2.75) is 83.0 Å². The number of aliphatic carboxylic acids is 1. The second-order valence-electron chi connectivity index (χ2n) is 8.32. The minimum atomic E-state index is -0.648. The first-order valence-electron chi connectivity index (χ1n) is 9.89. The van der Waals surface area contributed by atoms with Crippen LogP contribution in [0.5, 0.6) is 0 Å². The summed E-state index contributed by atoms with van der Waals surface area (Å²) in [5.41, 5.74) is 1.79. The number of hydrogen-bond donors (Lipinski definition) is 1. The lowest BCUT2D eigenvalue weighted by Crippen LogP contribution is -2.39. The average Bonchev–Trinajstić information content (AvgIpc) is 2.63. The van der Waals surface area contributed by atoms with Crippen LogP contribution in [0.15, 0.2) is 24.3 Å². The number of carbonyl (C=O) groups is 1. The normalized spacial score (nSPS) is 34.0. The van der Waals surface area contributed by atoms with Gasteiger partial charge in [0.15, 0.2) is 0 Å². The van der Waals surface area contributed by atoms with E-state index in [-0.39, 0.29) is 0 Å². The zero-order valence-electron chi connectivity index (χ0n) is 15.3. The van der Waals surface area contributed by atoms with Crippen LogP contribution in [0.1, 0.15) is 88.7 Å². The van der Waals surface area contributed by atoms with Crippen molar-refractivity contribution in [1.82, 2.24) is 0 Å². The predicted molar refractivity (Wildman–Crippen MR) is 98.4 cm³/mol. The minimum absolute atomic E-state index is 0.634. The van der Waals surface area contributed by atoms with Gasteiger partial charge in [0, 0.05) is 0 Å². The summed E-state index contributed by atoms with van der Waals surface area (Å²) in [6.45, 7) is 4.54. The fourth-order valence-corrected chi connectivity index (χ4v) is 4.86. The zero-order valence-corrected chi connectivity index (χ0v) is 15.3. The Morgan fingerprint density at radius 3 is 2.12 bits per heavy atom. The van der Waals surface area contributed by atoms with Crippen LogP contribution < -0.4 is 0 Å². The number of benzene rings is 1. The Morgan fingerprint density at radius 1 is 1.04 bits per heavy atom. The molecular formula is C22H32O2. The summed E-state index contributed by atoms with van der Waals surface area (Å²) in [4.78, 5) is 12.0. The molecule has 1 N–H and O–H groups in total. The lowest BCUT2D eigenvalue weighted by Gasteiger charge is -2.36. The van der Waals surface area contributed by atoms with Gasteiger partial charge in [0.05, 0.1) is 5.41 Å². The highest BCUT2D eigenvalue weighted by molar-refractivity contribution is 5.81. The summed E-state index contributed by atoms with van der Waals surface area (Å²) >= 11 is 0. The minimum Gasteiger partial charge on any atom is -0.481 e. The van der Waals surface area contributed by atoms with Gasteiger partial charge in [-0.1, -0.05) is 44.5 Å². The molecule has 1 aromatic rings. The van der Waals surface area contributed by atoms with Gasteiger partial charge in [-0.05, 0) is 80.2 Å². The van der Waals surface area contributed by atoms with Gasteiger partial charge in [0.25, 0.3) is 0 Å². The van der Waals surface area contributed by atoms with Gasteiger partial charge in [-0.15, -0.1) is 0 Å². The summed E-state index contributed by atoms with van der Waals surface area (Å²) in [6, 6.07) is 8.67. The maximum Gasteiger partial charge on any atom is 0.314 e. The summed E-state index contributed by atoms with van der Waals surface area (Å²) in [5.74, 6) is 1.62. The summed E-state index contributed by atoms with van der Waals surface area (Å²) < 4.78 is 0. The molecule has 0 bridgehead atoms. The molecule has 0 amide bonds. The van der Waals surface area contributed by atoms with Crippen molar-refractivity contribution in [3.63, 3.8) is 0 Å². The highest BCUT2D eigenvalue weighted by atomic mass is 16.4. The molecule has 0 spiro atoms. The van der Waals surface area contributed by atoms with Gasteiger partial charge in [-0.25, -0.2) is 0 Å². The Labute approximate surface area is 146 Å². The van der Waals surface area contributed by atoms with Crippen molar-refractivity contribution in [2.75, 3.05) is 0 Å². The van der Waals surface area contributed by atoms with E-state index in [4.69, 9.17) is 0 Å². The molecule has 2 saturated carbocycles. The van der Waals surface area contributed by atoms with E-state index in [2.05, 4.69) is 38.1 Å². The Balaban J connectivity index is 1.75. The van der Waals surface area contributed by atoms with Gasteiger partial charge in [-0.2, -0.15) is 0 Å². The Kier molecular flexibility index (Phi) is 5.32. The van der Waals surface area contributed by atoms with E-state index in [0.29, 0.717) is 11.8 Å². The Hall–Kier alpha value is -1.31. The van der Waals surface area contributed by atoms with Crippen molar-refractivity contribution in [2.24, 2.45) is 11.8 Å². The molecule has 2 nitrogen and oxygen atoms in total. The largest absolute Gasteiger partial charge is 0.481 e. The molecule has 1 aromatic carbocycles. The van der Waals surface area contributed by atoms with Crippen molar-refractivity contribution in [1.29, 1.82) is 0 Å². The number of rotatable bonds is 4. The molecule has 2 fully saturated rings. The third kappa shape index (κ3) is 3.38. The second-order valence-corrected chi connectivity index (χ2v) is 8.32. The van der Waals surface area contributed by atoms with Gasteiger partial charge in [-0.3, -0.25) is 4.79 Å². The lowest BCUT2D eigenvalue weighted by molar-refractivity contribution is -0.145. The van der Waals surface area contributed by atoms with E-state index >= 15 is 0 Å². The van der Waals surface area contributed by atoms with Gasteiger partial charge >= 0.3 is 5.97 Å². The molecule has 0 aromatic heterocycles. The Bertz CT molecular complexity index is 544. The van der Waals surface area contributed by atoms with Crippen LogP contribution in [0.25, 0.3) is 0 Å². The molecular weight excluding hydrogens is 296 g/mol. The van der Waals surface area contributed by atoms with E-state index in [1.54, 1.807) is 0 Å². The van der Waals surface area contributed by atoms with Gasteiger partial charge in [0.2, 0.25) is 0 Å². The molecule has 24 heavy (non-hydrogen) atoms. The molecule has 2 heteroatoms. The fraction of sp³-hybridized carbons (Fsp3) is 0.682. The topological polar surface area (TPSA) is 37.3 Å². The summed E-state index contributed by atoms with van der Waals surface area (Å²) in [7, 11) is 0. The number of carboxylic acids is 1. The molecule has 0 heterocycles. The van der Waals surface area contributed by atoms with Crippen LogP contribution >= 0.6 is 0 Å². The summed E-state index contributed by atoms with van der Waals surface area (Å²) in [5, 5.41) is 9.90. The maximum absolute atomic E-state index is 12.0.